The number of anilines is 1. The minimum atomic E-state index is -1.15. The first-order valence-corrected chi connectivity index (χ1v) is 14.1. The third-order valence-electron chi connectivity index (χ3n) is 7.19. The van der Waals surface area contributed by atoms with Gasteiger partial charge in [0, 0.05) is 18.0 Å². The maximum absolute atomic E-state index is 12.7. The van der Waals surface area contributed by atoms with Crippen molar-refractivity contribution in [2.45, 2.75) is 44.8 Å². The first-order valence-electron chi connectivity index (χ1n) is 14.1. The molecule has 0 fully saturated rings. The number of benzene rings is 4. The molecule has 0 bridgehead atoms. The van der Waals surface area contributed by atoms with E-state index in [9.17, 15) is 19.5 Å². The van der Waals surface area contributed by atoms with E-state index in [0.717, 1.165) is 38.9 Å². The summed E-state index contributed by atoms with van der Waals surface area (Å²) in [5.74, 6) is -1.26. The number of carbonyl (C=O) groups excluding carboxylic acids is 2. The second-order valence-corrected chi connectivity index (χ2v) is 11.5. The van der Waals surface area contributed by atoms with Crippen LogP contribution in [-0.2, 0) is 20.7 Å². The van der Waals surface area contributed by atoms with Crippen molar-refractivity contribution < 1.29 is 29.0 Å². The molecular weight excluding hydrogens is 544 g/mol. The lowest BCUT2D eigenvalue weighted by Crippen LogP contribution is -2.42. The quantitative estimate of drug-likeness (QED) is 0.203. The molecule has 0 heterocycles. The van der Waals surface area contributed by atoms with Crippen LogP contribution in [0, 0.1) is 0 Å². The normalized spacial score (nSPS) is 12.9. The molecule has 0 aromatic heterocycles. The molecule has 5 rings (SSSR count). The zero-order chi connectivity index (χ0) is 30.6. The maximum atomic E-state index is 12.7. The third-order valence-corrected chi connectivity index (χ3v) is 7.19. The highest BCUT2D eigenvalue weighted by molar-refractivity contribution is 5.85. The number of nitrogens with one attached hydrogen (secondary N) is 2. The van der Waals surface area contributed by atoms with Crippen molar-refractivity contribution in [3.8, 4) is 22.3 Å². The summed E-state index contributed by atoms with van der Waals surface area (Å²) in [7, 11) is 0. The van der Waals surface area contributed by atoms with E-state index in [1.807, 2.05) is 72.8 Å². The van der Waals surface area contributed by atoms with Crippen LogP contribution < -0.4 is 10.6 Å². The topological polar surface area (TPSA) is 114 Å². The number of aliphatic carboxylic acids is 1. The first-order chi connectivity index (χ1) is 20.6. The molecule has 43 heavy (non-hydrogen) atoms. The number of carbonyl (C=O) groups is 3. The zero-order valence-electron chi connectivity index (χ0n) is 24.3. The van der Waals surface area contributed by atoms with Crippen LogP contribution in [0.3, 0.4) is 0 Å². The second-order valence-electron chi connectivity index (χ2n) is 11.5. The number of alkyl carbamates (subject to hydrolysis) is 1. The molecule has 0 saturated heterocycles. The van der Waals surface area contributed by atoms with E-state index in [1.165, 1.54) is 0 Å². The number of ether oxygens (including phenoxy) is 2. The van der Waals surface area contributed by atoms with Crippen LogP contribution >= 0.6 is 0 Å². The average molecular weight is 579 g/mol. The first kappa shape index (κ1) is 29.4. The molecule has 0 saturated carbocycles. The Labute approximate surface area is 250 Å². The molecule has 0 radical (unpaired) electrons. The summed E-state index contributed by atoms with van der Waals surface area (Å²) in [5, 5.41) is 15.0. The summed E-state index contributed by atoms with van der Waals surface area (Å²) in [5.41, 5.74) is 7.02. The van der Waals surface area contributed by atoms with Crippen LogP contribution in [0.2, 0.25) is 0 Å². The van der Waals surface area contributed by atoms with Gasteiger partial charge < -0.3 is 19.9 Å². The summed E-state index contributed by atoms with van der Waals surface area (Å²) < 4.78 is 10.8. The Bertz CT molecular complexity index is 1580. The van der Waals surface area contributed by atoms with Crippen molar-refractivity contribution in [1.29, 1.82) is 0 Å². The lowest BCUT2D eigenvalue weighted by molar-refractivity contribution is -0.139. The molecule has 3 N–H and O–H groups in total. The van der Waals surface area contributed by atoms with Crippen LogP contribution in [0.5, 0.6) is 0 Å². The smallest absolute Gasteiger partial charge is 0.412 e. The Kier molecular flexibility index (Phi) is 8.48. The van der Waals surface area contributed by atoms with E-state index in [1.54, 1.807) is 32.9 Å². The molecule has 8 nitrogen and oxygen atoms in total. The summed E-state index contributed by atoms with van der Waals surface area (Å²) in [6.45, 7) is 5.51. The Balaban J connectivity index is 1.17. The van der Waals surface area contributed by atoms with Gasteiger partial charge in [0.25, 0.3) is 0 Å². The second kappa shape index (κ2) is 12.4. The maximum Gasteiger partial charge on any atom is 0.412 e. The van der Waals surface area contributed by atoms with Gasteiger partial charge in [0.15, 0.2) is 0 Å². The monoisotopic (exact) mass is 578 g/mol. The number of fused-ring (bicyclic) bond motifs is 3. The lowest BCUT2D eigenvalue weighted by Gasteiger charge is -2.19. The van der Waals surface area contributed by atoms with Crippen molar-refractivity contribution in [3.05, 3.63) is 114 Å². The summed E-state index contributed by atoms with van der Waals surface area (Å²) in [6.07, 6.45) is -1.20. The molecule has 1 aliphatic rings. The Morgan fingerprint density at radius 3 is 1.84 bits per heavy atom. The Morgan fingerprint density at radius 1 is 0.767 bits per heavy atom. The van der Waals surface area contributed by atoms with E-state index < -0.39 is 29.8 Å². The fraction of sp³-hybridized carbons (Fsp3) is 0.229. The highest BCUT2D eigenvalue weighted by Crippen LogP contribution is 2.44. The highest BCUT2D eigenvalue weighted by atomic mass is 16.6. The minimum absolute atomic E-state index is 0.0958. The largest absolute Gasteiger partial charge is 0.480 e. The molecule has 4 aromatic rings. The Hall–Kier alpha value is -5.11. The molecule has 4 aromatic carbocycles. The summed E-state index contributed by atoms with van der Waals surface area (Å²) >= 11 is 0. The van der Waals surface area contributed by atoms with Gasteiger partial charge in [0.1, 0.15) is 18.2 Å². The van der Waals surface area contributed by atoms with E-state index in [4.69, 9.17) is 9.47 Å². The zero-order valence-corrected chi connectivity index (χ0v) is 24.3. The number of carboxylic acid groups (broad SMARTS) is 1. The summed E-state index contributed by atoms with van der Waals surface area (Å²) in [6, 6.07) is 29.7. The third kappa shape index (κ3) is 7.22. The standard InChI is InChI=1S/C35H34N2O6/c1-35(2,3)43-34(41)36-25-18-16-24(17-19-25)23-14-12-22(13-15-23)20-31(32(38)39)37-33(40)42-21-30-28-10-6-4-8-26(28)27-9-5-7-11-29(27)30/h4-19,30-31H,20-21H2,1-3H3,(H,36,41)(H,37,40)(H,38,39)/t31-/m0/s1. The lowest BCUT2D eigenvalue weighted by atomic mass is 9.98. The van der Waals surface area contributed by atoms with Gasteiger partial charge in [0.2, 0.25) is 0 Å². The van der Waals surface area contributed by atoms with Gasteiger partial charge in [-0.1, -0.05) is 84.9 Å². The van der Waals surface area contributed by atoms with Gasteiger partial charge >= 0.3 is 18.2 Å². The van der Waals surface area contributed by atoms with Crippen molar-refractivity contribution >= 4 is 23.8 Å². The summed E-state index contributed by atoms with van der Waals surface area (Å²) in [4.78, 5) is 36.7. The van der Waals surface area contributed by atoms with Gasteiger partial charge in [-0.05, 0) is 71.8 Å². The highest BCUT2D eigenvalue weighted by Gasteiger charge is 2.30. The number of hydrogen-bond donors (Lipinski definition) is 3. The number of amides is 2. The molecule has 0 aliphatic heterocycles. The van der Waals surface area contributed by atoms with E-state index in [2.05, 4.69) is 22.8 Å². The van der Waals surface area contributed by atoms with Crippen molar-refractivity contribution in [1.82, 2.24) is 5.32 Å². The van der Waals surface area contributed by atoms with E-state index >= 15 is 0 Å². The molecule has 0 unspecified atom stereocenters. The number of carboxylic acids is 1. The van der Waals surface area contributed by atoms with Crippen LogP contribution in [0.15, 0.2) is 97.1 Å². The van der Waals surface area contributed by atoms with Gasteiger partial charge in [-0.2, -0.15) is 0 Å². The van der Waals surface area contributed by atoms with Gasteiger partial charge in [0.05, 0.1) is 0 Å². The minimum Gasteiger partial charge on any atom is -0.480 e. The van der Waals surface area contributed by atoms with Crippen LogP contribution in [0.25, 0.3) is 22.3 Å². The number of hydrogen-bond acceptors (Lipinski definition) is 5. The molecule has 1 atom stereocenters. The average Bonchev–Trinajstić information content (AvgIpc) is 3.29. The van der Waals surface area contributed by atoms with Crippen LogP contribution in [0.1, 0.15) is 43.4 Å². The molecule has 1 aliphatic carbocycles. The van der Waals surface area contributed by atoms with Crippen molar-refractivity contribution in [3.63, 3.8) is 0 Å². The molecular formula is C35H34N2O6. The van der Waals surface area contributed by atoms with Crippen LogP contribution in [0.4, 0.5) is 15.3 Å². The van der Waals surface area contributed by atoms with E-state index in [0.29, 0.717) is 5.69 Å². The Morgan fingerprint density at radius 2 is 1.30 bits per heavy atom. The molecule has 2 amide bonds. The SMILES string of the molecule is CC(C)(C)OC(=O)Nc1ccc(-c2ccc(C[C@H](NC(=O)OCC3c4ccccc4-c4ccccc43)C(=O)O)cc2)cc1. The number of rotatable bonds is 8. The fourth-order valence-electron chi connectivity index (χ4n) is 5.22. The molecule has 8 heteroatoms. The fourth-order valence-corrected chi connectivity index (χ4v) is 5.22. The van der Waals surface area contributed by atoms with Gasteiger partial charge in [-0.3, -0.25) is 5.32 Å². The van der Waals surface area contributed by atoms with Gasteiger partial charge in [-0.25, -0.2) is 14.4 Å². The van der Waals surface area contributed by atoms with Gasteiger partial charge in [-0.15, -0.1) is 0 Å². The molecule has 0 spiro atoms. The van der Waals surface area contributed by atoms with Crippen LogP contribution in [-0.4, -0.2) is 41.5 Å². The predicted octanol–water partition coefficient (Wildman–Crippen LogP) is 7.24. The van der Waals surface area contributed by atoms with E-state index in [-0.39, 0.29) is 18.9 Å². The van der Waals surface area contributed by atoms with Crippen molar-refractivity contribution in [2.24, 2.45) is 0 Å². The van der Waals surface area contributed by atoms with Crippen molar-refractivity contribution in [2.75, 3.05) is 11.9 Å². The predicted molar refractivity (Wildman–Crippen MR) is 165 cm³/mol. The molecule has 220 valence electrons.